The van der Waals surface area contributed by atoms with Crippen molar-refractivity contribution in [1.29, 1.82) is 0 Å². The quantitative estimate of drug-likeness (QED) is 0.316. The van der Waals surface area contributed by atoms with E-state index in [4.69, 9.17) is 0 Å². The van der Waals surface area contributed by atoms with Gasteiger partial charge in [0.05, 0.1) is 0 Å². The van der Waals surface area contributed by atoms with Gasteiger partial charge in [-0.1, -0.05) is 32.9 Å². The molecule has 0 aliphatic rings. The van der Waals surface area contributed by atoms with Crippen LogP contribution in [-0.2, 0) is 20.9 Å². The van der Waals surface area contributed by atoms with E-state index in [0.29, 0.717) is 5.71 Å². The fraction of sp³-hybridized carbons (Fsp3) is 0.400. The topological polar surface area (TPSA) is 91.5 Å². The van der Waals surface area contributed by atoms with Crippen LogP contribution in [0.15, 0.2) is 53.9 Å². The van der Waals surface area contributed by atoms with Crippen LogP contribution < -0.4 is 27.7 Å². The highest BCUT2D eigenvalue weighted by molar-refractivity contribution is 6.05. The van der Waals surface area contributed by atoms with Crippen molar-refractivity contribution in [2.45, 2.75) is 60.4 Å². The zero-order valence-electron chi connectivity index (χ0n) is 19.9. The second-order valence-electron chi connectivity index (χ2n) is 8.96. The van der Waals surface area contributed by atoms with Crippen LogP contribution in [0.1, 0.15) is 51.2 Å². The van der Waals surface area contributed by atoms with Crippen LogP contribution in [0.3, 0.4) is 0 Å². The predicted molar refractivity (Wildman–Crippen MR) is 125 cm³/mol. The molecule has 0 saturated heterocycles. The van der Waals surface area contributed by atoms with Crippen LogP contribution in [-0.4, -0.2) is 23.3 Å². The Bertz CT molecular complexity index is 998. The first-order chi connectivity index (χ1) is 15.0. The minimum absolute atomic E-state index is 0. The van der Waals surface area contributed by atoms with Gasteiger partial charge in [-0.2, -0.15) is 9.67 Å². The number of halogens is 1. The minimum atomic E-state index is -0.535. The Hall–Kier alpha value is -3.06. The number of aromatic nitrogens is 1. The number of Topliss-reactive ketones (excluding diaryl/α,β-unsaturated/α-hetero) is 1. The molecular weight excluding hydrogens is 440 g/mol. The number of anilines is 1. The van der Waals surface area contributed by atoms with Crippen LogP contribution in [0.25, 0.3) is 0 Å². The molecule has 0 saturated carbocycles. The average Bonchev–Trinajstić information content (AvgIpc) is 2.72. The molecular formula is C25H33ClN4O3. The molecule has 2 amide bonds. The Morgan fingerprint density at radius 1 is 0.939 bits per heavy atom. The van der Waals surface area contributed by atoms with Gasteiger partial charge in [-0.15, -0.1) is 0 Å². The average molecular weight is 473 g/mol. The second kappa shape index (κ2) is 12.8. The summed E-state index contributed by atoms with van der Waals surface area (Å²) < 4.78 is 1.72. The van der Waals surface area contributed by atoms with Gasteiger partial charge in [0.1, 0.15) is 5.78 Å². The third-order valence-electron chi connectivity index (χ3n) is 5.07. The minimum Gasteiger partial charge on any atom is -1.00 e. The summed E-state index contributed by atoms with van der Waals surface area (Å²) in [6.45, 7) is 9.63. The Morgan fingerprint density at radius 3 is 2.21 bits per heavy atom. The fourth-order valence-corrected chi connectivity index (χ4v) is 2.82. The summed E-state index contributed by atoms with van der Waals surface area (Å²) in [5, 5.41) is 7.06. The van der Waals surface area contributed by atoms with Crippen molar-refractivity contribution < 1.29 is 31.4 Å². The zero-order valence-corrected chi connectivity index (χ0v) is 20.7. The molecule has 0 atom stereocenters. The van der Waals surface area contributed by atoms with Gasteiger partial charge in [0, 0.05) is 41.8 Å². The van der Waals surface area contributed by atoms with Gasteiger partial charge in [-0.3, -0.25) is 14.4 Å². The third kappa shape index (κ3) is 9.95. The number of aryl methyl sites for hydroxylation is 2. The molecule has 8 heteroatoms. The van der Waals surface area contributed by atoms with Crippen molar-refractivity contribution in [1.82, 2.24) is 5.43 Å². The number of benzene rings is 1. The second-order valence-corrected chi connectivity index (χ2v) is 8.96. The standard InChI is InChI=1S/C25H32N4O3.ClH/c1-18-9-10-20(15-19(18)2)26-23(31)12-11-21(16-22(30)25(3,4)5)27-28-24(32)17-29-13-7-6-8-14-29;/h6-10,13-15H,11-12,16-17H2,1-5H3,(H-,26,28,31,32);1H. The van der Waals surface area contributed by atoms with Crippen LogP contribution in [0.4, 0.5) is 5.69 Å². The van der Waals surface area contributed by atoms with Crippen molar-refractivity contribution in [2.75, 3.05) is 5.32 Å². The number of hydrogen-bond acceptors (Lipinski definition) is 4. The summed E-state index contributed by atoms with van der Waals surface area (Å²) in [7, 11) is 0. The number of pyridine rings is 1. The van der Waals surface area contributed by atoms with E-state index in [1.54, 1.807) is 17.0 Å². The summed E-state index contributed by atoms with van der Waals surface area (Å²) in [6.07, 6.45) is 4.08. The molecule has 7 nitrogen and oxygen atoms in total. The van der Waals surface area contributed by atoms with Gasteiger partial charge in [-0.05, 0) is 43.5 Å². The maximum atomic E-state index is 12.5. The monoisotopic (exact) mass is 472 g/mol. The lowest BCUT2D eigenvalue weighted by molar-refractivity contribution is -0.684. The van der Waals surface area contributed by atoms with E-state index < -0.39 is 5.41 Å². The molecule has 33 heavy (non-hydrogen) atoms. The molecule has 178 valence electrons. The molecule has 0 aliphatic heterocycles. The highest BCUT2D eigenvalue weighted by atomic mass is 35.5. The molecule has 0 radical (unpaired) electrons. The molecule has 2 rings (SSSR count). The SMILES string of the molecule is Cc1ccc(NC(=O)CCC(CC(=O)C(C)(C)C)=NNC(=O)C[n+]2ccccc2)cc1C.[Cl-]. The van der Waals surface area contributed by atoms with Crippen LogP contribution in [0.2, 0.25) is 0 Å². The molecule has 0 aliphatic carbocycles. The summed E-state index contributed by atoms with van der Waals surface area (Å²) in [5.74, 6) is -0.477. The molecule has 1 aromatic heterocycles. The summed E-state index contributed by atoms with van der Waals surface area (Å²) >= 11 is 0. The molecule has 1 heterocycles. The van der Waals surface area contributed by atoms with E-state index in [9.17, 15) is 14.4 Å². The Labute approximate surface area is 202 Å². The van der Waals surface area contributed by atoms with Crippen LogP contribution in [0, 0.1) is 19.3 Å². The lowest BCUT2D eigenvalue weighted by atomic mass is 9.87. The van der Waals surface area contributed by atoms with E-state index in [1.807, 2.05) is 71.0 Å². The Kier molecular flexibility index (Phi) is 10.9. The van der Waals surface area contributed by atoms with E-state index in [2.05, 4.69) is 15.8 Å². The first kappa shape index (κ1) is 28.0. The molecule has 0 spiro atoms. The number of carbonyl (C=O) groups is 3. The van der Waals surface area contributed by atoms with Gasteiger partial charge in [0.2, 0.25) is 12.5 Å². The van der Waals surface area contributed by atoms with Gasteiger partial charge in [-0.25, -0.2) is 5.43 Å². The summed E-state index contributed by atoms with van der Waals surface area (Å²) in [6, 6.07) is 11.3. The van der Waals surface area contributed by atoms with Crippen molar-refractivity contribution in [3.05, 3.63) is 59.9 Å². The molecule has 0 fully saturated rings. The summed E-state index contributed by atoms with van der Waals surface area (Å²) in [5.41, 5.74) is 5.45. The largest absolute Gasteiger partial charge is 1.00 e. The molecule has 0 bridgehead atoms. The number of rotatable bonds is 9. The van der Waals surface area contributed by atoms with Crippen LogP contribution in [0.5, 0.6) is 0 Å². The van der Waals surface area contributed by atoms with Gasteiger partial charge >= 0.3 is 5.91 Å². The third-order valence-corrected chi connectivity index (χ3v) is 5.07. The van der Waals surface area contributed by atoms with Gasteiger partial charge < -0.3 is 17.7 Å². The zero-order chi connectivity index (χ0) is 23.7. The fourth-order valence-electron chi connectivity index (χ4n) is 2.82. The van der Waals surface area contributed by atoms with Crippen molar-refractivity contribution in [3.63, 3.8) is 0 Å². The van der Waals surface area contributed by atoms with E-state index in [0.717, 1.165) is 16.8 Å². The Morgan fingerprint density at radius 2 is 1.61 bits per heavy atom. The van der Waals surface area contributed by atoms with Crippen molar-refractivity contribution in [2.24, 2.45) is 10.5 Å². The van der Waals surface area contributed by atoms with Crippen molar-refractivity contribution >= 4 is 29.0 Å². The van der Waals surface area contributed by atoms with E-state index >= 15 is 0 Å². The maximum absolute atomic E-state index is 12.5. The predicted octanol–water partition coefficient (Wildman–Crippen LogP) is 0.491. The molecule has 2 N–H and O–H groups in total. The first-order valence-electron chi connectivity index (χ1n) is 10.7. The van der Waals surface area contributed by atoms with Crippen molar-refractivity contribution in [3.8, 4) is 0 Å². The molecule has 2 aromatic rings. The lowest BCUT2D eigenvalue weighted by Crippen LogP contribution is -3.00. The van der Waals surface area contributed by atoms with Gasteiger partial charge in [0.25, 0.3) is 0 Å². The maximum Gasteiger partial charge on any atom is 0.305 e. The van der Waals surface area contributed by atoms with Gasteiger partial charge in [0.15, 0.2) is 12.4 Å². The molecule has 1 aromatic carbocycles. The number of hydrazone groups is 1. The van der Waals surface area contributed by atoms with E-state index in [-0.39, 0.29) is 55.8 Å². The molecule has 0 unspecified atom stereocenters. The number of carbonyl (C=O) groups excluding carboxylic acids is 3. The number of ketones is 1. The number of amides is 2. The first-order valence-corrected chi connectivity index (χ1v) is 10.7. The smallest absolute Gasteiger partial charge is 0.305 e. The highest BCUT2D eigenvalue weighted by Crippen LogP contribution is 2.18. The summed E-state index contributed by atoms with van der Waals surface area (Å²) in [4.78, 5) is 37.2. The number of nitrogens with one attached hydrogen (secondary N) is 2. The normalized spacial score (nSPS) is 11.4. The van der Waals surface area contributed by atoms with Crippen LogP contribution >= 0.6 is 0 Å². The Balaban J connectivity index is 0.00000544. The highest BCUT2D eigenvalue weighted by Gasteiger charge is 2.23. The number of nitrogens with zero attached hydrogens (tertiary/aromatic N) is 2. The van der Waals surface area contributed by atoms with E-state index in [1.165, 1.54) is 0 Å². The lowest BCUT2D eigenvalue weighted by Gasteiger charge is -2.17. The number of hydrogen-bond donors (Lipinski definition) is 2.